The first-order valence-electron chi connectivity index (χ1n) is 7.41. The molecule has 2 heteroatoms. The summed E-state index contributed by atoms with van der Waals surface area (Å²) in [6.45, 7) is 8.94. The molecule has 0 heterocycles. The van der Waals surface area contributed by atoms with Gasteiger partial charge in [-0.25, -0.2) is 0 Å². The number of halogens is 1. The molecule has 21 heavy (non-hydrogen) atoms. The molecule has 0 aliphatic heterocycles. The third-order valence-corrected chi connectivity index (χ3v) is 4.69. The minimum Gasteiger partial charge on any atom is -0.497 e. The Balaban J connectivity index is 2.62. The zero-order valence-electron chi connectivity index (χ0n) is 13.4. The largest absolute Gasteiger partial charge is 0.497 e. The molecule has 0 amide bonds. The highest BCUT2D eigenvalue weighted by molar-refractivity contribution is 9.10. The normalized spacial score (nSPS) is 11.2. The fourth-order valence-corrected chi connectivity index (χ4v) is 3.62. The smallest absolute Gasteiger partial charge is 0.119 e. The van der Waals surface area contributed by atoms with Crippen molar-refractivity contribution in [2.45, 2.75) is 39.5 Å². The molecule has 1 nitrogen and oxygen atoms in total. The highest BCUT2D eigenvalue weighted by atomic mass is 79.9. The van der Waals surface area contributed by atoms with Gasteiger partial charge in [0.05, 0.1) is 7.11 Å². The van der Waals surface area contributed by atoms with Crippen LogP contribution in [-0.2, 0) is 0 Å². The lowest BCUT2D eigenvalue weighted by Crippen LogP contribution is -1.98. The van der Waals surface area contributed by atoms with Crippen LogP contribution in [0.4, 0.5) is 0 Å². The van der Waals surface area contributed by atoms with Crippen molar-refractivity contribution in [2.75, 3.05) is 7.11 Å². The Morgan fingerprint density at radius 2 is 1.43 bits per heavy atom. The third kappa shape index (κ3) is 3.49. The van der Waals surface area contributed by atoms with E-state index in [2.05, 4.69) is 67.9 Å². The van der Waals surface area contributed by atoms with Gasteiger partial charge in [-0.2, -0.15) is 0 Å². The minimum atomic E-state index is 0.488. The van der Waals surface area contributed by atoms with Crippen LogP contribution in [0, 0.1) is 0 Å². The maximum Gasteiger partial charge on any atom is 0.119 e. The Kier molecular flexibility index (Phi) is 5.10. The zero-order valence-corrected chi connectivity index (χ0v) is 15.0. The number of methoxy groups -OCH3 is 1. The van der Waals surface area contributed by atoms with Crippen LogP contribution in [0.1, 0.15) is 50.7 Å². The molecule has 0 fully saturated rings. The van der Waals surface area contributed by atoms with Crippen molar-refractivity contribution < 1.29 is 4.74 Å². The van der Waals surface area contributed by atoms with Gasteiger partial charge in [0, 0.05) is 4.47 Å². The summed E-state index contributed by atoms with van der Waals surface area (Å²) in [5, 5.41) is 0. The molecule has 0 radical (unpaired) electrons. The first-order chi connectivity index (χ1) is 9.93. The Bertz CT molecular complexity index is 600. The summed E-state index contributed by atoms with van der Waals surface area (Å²) in [6.07, 6.45) is 0. The Morgan fingerprint density at radius 1 is 0.857 bits per heavy atom. The van der Waals surface area contributed by atoms with E-state index in [0.29, 0.717) is 11.8 Å². The van der Waals surface area contributed by atoms with Crippen LogP contribution >= 0.6 is 15.9 Å². The van der Waals surface area contributed by atoms with Gasteiger partial charge in [0.25, 0.3) is 0 Å². The molecule has 0 atom stereocenters. The molecule has 0 bridgehead atoms. The predicted molar refractivity (Wildman–Crippen MR) is 94.3 cm³/mol. The summed E-state index contributed by atoms with van der Waals surface area (Å²) in [5.74, 6) is 1.87. The SMILES string of the molecule is COc1cccc(-c2cc(C(C)C)c(Br)c(C(C)C)c2)c1. The maximum absolute atomic E-state index is 5.35. The van der Waals surface area contributed by atoms with E-state index in [9.17, 15) is 0 Å². The fraction of sp³-hybridized carbons (Fsp3) is 0.368. The van der Waals surface area contributed by atoms with E-state index >= 15 is 0 Å². The van der Waals surface area contributed by atoms with Crippen LogP contribution < -0.4 is 4.74 Å². The molecule has 0 aliphatic carbocycles. The molecule has 0 aromatic heterocycles. The van der Waals surface area contributed by atoms with E-state index in [1.807, 2.05) is 12.1 Å². The topological polar surface area (TPSA) is 9.23 Å². The minimum absolute atomic E-state index is 0.488. The average Bonchev–Trinajstić information content (AvgIpc) is 2.46. The van der Waals surface area contributed by atoms with Crippen molar-refractivity contribution in [3.05, 3.63) is 52.0 Å². The van der Waals surface area contributed by atoms with Crippen molar-refractivity contribution in [2.24, 2.45) is 0 Å². The number of hydrogen-bond acceptors (Lipinski definition) is 1. The van der Waals surface area contributed by atoms with E-state index < -0.39 is 0 Å². The summed E-state index contributed by atoms with van der Waals surface area (Å²) >= 11 is 3.79. The quantitative estimate of drug-likeness (QED) is 0.624. The molecule has 0 N–H and O–H groups in total. The number of benzene rings is 2. The van der Waals surface area contributed by atoms with Gasteiger partial charge in [0.1, 0.15) is 5.75 Å². The van der Waals surface area contributed by atoms with Crippen LogP contribution in [-0.4, -0.2) is 7.11 Å². The van der Waals surface area contributed by atoms with Crippen molar-refractivity contribution in [1.82, 2.24) is 0 Å². The number of rotatable bonds is 4. The average molecular weight is 347 g/mol. The zero-order chi connectivity index (χ0) is 15.6. The molecule has 0 saturated carbocycles. The summed E-state index contributed by atoms with van der Waals surface area (Å²) in [4.78, 5) is 0. The van der Waals surface area contributed by atoms with Gasteiger partial charge in [-0.05, 0) is 58.4 Å². The Labute approximate surface area is 136 Å². The van der Waals surface area contributed by atoms with Gasteiger partial charge in [-0.1, -0.05) is 55.8 Å². The van der Waals surface area contributed by atoms with Gasteiger partial charge in [-0.3, -0.25) is 0 Å². The van der Waals surface area contributed by atoms with Crippen molar-refractivity contribution in [3.8, 4) is 16.9 Å². The standard InChI is InChI=1S/C19H23BrO/c1-12(2)17-10-15(11-18(13(3)4)19(17)20)14-7-6-8-16(9-14)21-5/h6-13H,1-5H3. The Hall–Kier alpha value is -1.28. The van der Waals surface area contributed by atoms with E-state index in [-0.39, 0.29) is 0 Å². The second kappa shape index (κ2) is 6.65. The molecular formula is C19H23BrO. The maximum atomic E-state index is 5.35. The van der Waals surface area contributed by atoms with Crippen molar-refractivity contribution in [3.63, 3.8) is 0 Å². The highest BCUT2D eigenvalue weighted by Gasteiger charge is 2.14. The van der Waals surface area contributed by atoms with Crippen LogP contribution in [0.2, 0.25) is 0 Å². The predicted octanol–water partition coefficient (Wildman–Crippen LogP) is 6.37. The lowest BCUT2D eigenvalue weighted by Gasteiger charge is -2.18. The first kappa shape index (κ1) is 16.1. The number of hydrogen-bond donors (Lipinski definition) is 0. The van der Waals surface area contributed by atoms with E-state index in [1.165, 1.54) is 26.7 Å². The van der Waals surface area contributed by atoms with E-state index in [1.54, 1.807) is 7.11 Å². The van der Waals surface area contributed by atoms with Crippen LogP contribution in [0.3, 0.4) is 0 Å². The second-order valence-corrected chi connectivity index (χ2v) is 6.80. The van der Waals surface area contributed by atoms with Gasteiger partial charge < -0.3 is 4.74 Å². The molecule has 0 unspecified atom stereocenters. The summed E-state index contributed by atoms with van der Waals surface area (Å²) in [5.41, 5.74) is 5.17. The molecule has 0 aliphatic rings. The molecule has 0 spiro atoms. The third-order valence-electron chi connectivity index (χ3n) is 3.78. The monoisotopic (exact) mass is 346 g/mol. The molecule has 112 valence electrons. The summed E-state index contributed by atoms with van der Waals surface area (Å²) in [6, 6.07) is 12.8. The van der Waals surface area contributed by atoms with Gasteiger partial charge in [-0.15, -0.1) is 0 Å². The molecule has 2 rings (SSSR count). The number of ether oxygens (including phenoxy) is 1. The lowest BCUT2D eigenvalue weighted by molar-refractivity contribution is 0.415. The molecule has 2 aromatic carbocycles. The van der Waals surface area contributed by atoms with Crippen LogP contribution in [0.5, 0.6) is 5.75 Å². The van der Waals surface area contributed by atoms with Gasteiger partial charge >= 0.3 is 0 Å². The molecular weight excluding hydrogens is 324 g/mol. The van der Waals surface area contributed by atoms with Crippen LogP contribution in [0.25, 0.3) is 11.1 Å². The van der Waals surface area contributed by atoms with Crippen molar-refractivity contribution in [1.29, 1.82) is 0 Å². The van der Waals surface area contributed by atoms with Gasteiger partial charge in [0.2, 0.25) is 0 Å². The van der Waals surface area contributed by atoms with E-state index in [4.69, 9.17) is 4.74 Å². The first-order valence-corrected chi connectivity index (χ1v) is 8.21. The second-order valence-electron chi connectivity index (χ2n) is 6.01. The highest BCUT2D eigenvalue weighted by Crippen LogP contribution is 2.37. The van der Waals surface area contributed by atoms with Crippen LogP contribution in [0.15, 0.2) is 40.9 Å². The fourth-order valence-electron chi connectivity index (χ4n) is 2.48. The summed E-state index contributed by atoms with van der Waals surface area (Å²) < 4.78 is 6.60. The van der Waals surface area contributed by atoms with E-state index in [0.717, 1.165) is 5.75 Å². The summed E-state index contributed by atoms with van der Waals surface area (Å²) in [7, 11) is 1.71. The molecule has 0 saturated heterocycles. The van der Waals surface area contributed by atoms with Crippen molar-refractivity contribution >= 4 is 15.9 Å². The lowest BCUT2D eigenvalue weighted by atomic mass is 9.91. The Morgan fingerprint density at radius 3 is 1.90 bits per heavy atom. The van der Waals surface area contributed by atoms with Gasteiger partial charge in [0.15, 0.2) is 0 Å². The molecule has 2 aromatic rings.